The SMILES string of the molecule is CCCC(C)(c1ccccc1O)c1ccccc1O. The molecule has 100 valence electrons. The molecule has 2 N–H and O–H groups in total. The van der Waals surface area contributed by atoms with Gasteiger partial charge in [0.2, 0.25) is 0 Å². The van der Waals surface area contributed by atoms with Crippen molar-refractivity contribution in [1.82, 2.24) is 0 Å². The molecule has 0 saturated carbocycles. The van der Waals surface area contributed by atoms with E-state index in [4.69, 9.17) is 0 Å². The van der Waals surface area contributed by atoms with Crippen molar-refractivity contribution in [2.75, 3.05) is 0 Å². The molecule has 0 radical (unpaired) electrons. The van der Waals surface area contributed by atoms with Crippen LogP contribution in [0.4, 0.5) is 0 Å². The number of para-hydroxylation sites is 2. The largest absolute Gasteiger partial charge is 0.508 e. The summed E-state index contributed by atoms with van der Waals surface area (Å²) in [7, 11) is 0. The molecule has 0 bridgehead atoms. The monoisotopic (exact) mass is 256 g/mol. The molecular weight excluding hydrogens is 236 g/mol. The van der Waals surface area contributed by atoms with E-state index in [1.54, 1.807) is 12.1 Å². The molecule has 0 spiro atoms. The van der Waals surface area contributed by atoms with Crippen LogP contribution in [0.25, 0.3) is 0 Å². The Bertz CT molecular complexity index is 515. The zero-order chi connectivity index (χ0) is 13.9. The van der Waals surface area contributed by atoms with Crippen LogP contribution in [0.3, 0.4) is 0 Å². The van der Waals surface area contributed by atoms with Crippen LogP contribution in [0.5, 0.6) is 11.5 Å². The van der Waals surface area contributed by atoms with Gasteiger partial charge in [-0.25, -0.2) is 0 Å². The summed E-state index contributed by atoms with van der Waals surface area (Å²) >= 11 is 0. The van der Waals surface area contributed by atoms with Crippen molar-refractivity contribution in [3.05, 3.63) is 59.7 Å². The van der Waals surface area contributed by atoms with Gasteiger partial charge in [-0.3, -0.25) is 0 Å². The predicted molar refractivity (Wildman–Crippen MR) is 77.6 cm³/mol. The highest BCUT2D eigenvalue weighted by Crippen LogP contribution is 2.43. The minimum Gasteiger partial charge on any atom is -0.508 e. The van der Waals surface area contributed by atoms with Crippen molar-refractivity contribution < 1.29 is 10.2 Å². The van der Waals surface area contributed by atoms with Gasteiger partial charge in [-0.2, -0.15) is 0 Å². The highest BCUT2D eigenvalue weighted by molar-refractivity contribution is 5.50. The molecule has 0 aliphatic rings. The summed E-state index contributed by atoms with van der Waals surface area (Å²) in [5.74, 6) is 0.559. The summed E-state index contributed by atoms with van der Waals surface area (Å²) in [5.41, 5.74) is 1.34. The summed E-state index contributed by atoms with van der Waals surface area (Å²) in [6, 6.07) is 14.7. The van der Waals surface area contributed by atoms with Crippen LogP contribution in [0.2, 0.25) is 0 Å². The average molecular weight is 256 g/mol. The second-order valence-corrected chi connectivity index (χ2v) is 5.12. The number of phenolic OH excluding ortho intramolecular Hbond substituents is 2. The lowest BCUT2D eigenvalue weighted by Crippen LogP contribution is -2.23. The first-order valence-electron chi connectivity index (χ1n) is 6.66. The average Bonchev–Trinajstić information content (AvgIpc) is 2.39. The maximum Gasteiger partial charge on any atom is 0.119 e. The lowest BCUT2D eigenvalue weighted by atomic mass is 9.72. The van der Waals surface area contributed by atoms with Crippen LogP contribution < -0.4 is 0 Å². The Morgan fingerprint density at radius 3 is 1.63 bits per heavy atom. The van der Waals surface area contributed by atoms with E-state index in [1.807, 2.05) is 36.4 Å². The molecule has 0 aliphatic heterocycles. The molecule has 19 heavy (non-hydrogen) atoms. The minimum atomic E-state index is -0.383. The van der Waals surface area contributed by atoms with Gasteiger partial charge in [0.05, 0.1) is 0 Å². The fourth-order valence-electron chi connectivity index (χ4n) is 2.79. The summed E-state index contributed by atoms with van der Waals surface area (Å²) in [6.07, 6.45) is 1.83. The van der Waals surface area contributed by atoms with Crippen LogP contribution in [0.15, 0.2) is 48.5 Å². The van der Waals surface area contributed by atoms with Gasteiger partial charge >= 0.3 is 0 Å². The molecular formula is C17H20O2. The van der Waals surface area contributed by atoms with Gasteiger partial charge in [-0.05, 0) is 18.6 Å². The molecule has 2 rings (SSSR count). The van der Waals surface area contributed by atoms with Crippen LogP contribution in [-0.2, 0) is 5.41 Å². The molecule has 2 heteroatoms. The minimum absolute atomic E-state index is 0.279. The van der Waals surface area contributed by atoms with E-state index in [0.717, 1.165) is 24.0 Å². The molecule has 0 amide bonds. The van der Waals surface area contributed by atoms with Crippen LogP contribution in [0.1, 0.15) is 37.8 Å². The lowest BCUT2D eigenvalue weighted by molar-refractivity contribution is 0.412. The lowest BCUT2D eigenvalue weighted by Gasteiger charge is -2.31. The molecule has 0 fully saturated rings. The van der Waals surface area contributed by atoms with E-state index < -0.39 is 0 Å². The van der Waals surface area contributed by atoms with Gasteiger partial charge in [0.1, 0.15) is 11.5 Å². The van der Waals surface area contributed by atoms with Crippen LogP contribution >= 0.6 is 0 Å². The highest BCUT2D eigenvalue weighted by Gasteiger charge is 2.32. The van der Waals surface area contributed by atoms with E-state index in [2.05, 4.69) is 13.8 Å². The zero-order valence-corrected chi connectivity index (χ0v) is 11.4. The van der Waals surface area contributed by atoms with E-state index in [-0.39, 0.29) is 16.9 Å². The Morgan fingerprint density at radius 1 is 0.842 bits per heavy atom. The Kier molecular flexibility index (Phi) is 3.79. The quantitative estimate of drug-likeness (QED) is 0.860. The van der Waals surface area contributed by atoms with E-state index in [1.165, 1.54) is 0 Å². The van der Waals surface area contributed by atoms with E-state index in [0.29, 0.717) is 0 Å². The molecule has 0 saturated heterocycles. The molecule has 2 nitrogen and oxygen atoms in total. The topological polar surface area (TPSA) is 40.5 Å². The fraction of sp³-hybridized carbons (Fsp3) is 0.294. The van der Waals surface area contributed by atoms with Gasteiger partial charge in [0.15, 0.2) is 0 Å². The summed E-state index contributed by atoms with van der Waals surface area (Å²) < 4.78 is 0. The van der Waals surface area contributed by atoms with Crippen molar-refractivity contribution in [2.45, 2.75) is 32.1 Å². The van der Waals surface area contributed by atoms with E-state index in [9.17, 15) is 10.2 Å². The van der Waals surface area contributed by atoms with Crippen molar-refractivity contribution in [1.29, 1.82) is 0 Å². The molecule has 0 aliphatic carbocycles. The van der Waals surface area contributed by atoms with Crippen molar-refractivity contribution in [3.63, 3.8) is 0 Å². The maximum atomic E-state index is 10.1. The Morgan fingerprint density at radius 2 is 1.26 bits per heavy atom. The third-order valence-electron chi connectivity index (χ3n) is 3.75. The van der Waals surface area contributed by atoms with Gasteiger partial charge < -0.3 is 10.2 Å². The zero-order valence-electron chi connectivity index (χ0n) is 11.4. The second-order valence-electron chi connectivity index (χ2n) is 5.12. The van der Waals surface area contributed by atoms with Crippen molar-refractivity contribution in [3.8, 4) is 11.5 Å². The molecule has 0 heterocycles. The van der Waals surface area contributed by atoms with Crippen molar-refractivity contribution >= 4 is 0 Å². The summed E-state index contributed by atoms with van der Waals surface area (Å²) in [5, 5.41) is 20.3. The molecule has 0 unspecified atom stereocenters. The fourth-order valence-corrected chi connectivity index (χ4v) is 2.79. The standard InChI is InChI=1S/C17H20O2/c1-3-12-17(2,13-8-4-6-10-15(13)18)14-9-5-7-11-16(14)19/h4-11,18-19H,3,12H2,1-2H3. The first-order valence-corrected chi connectivity index (χ1v) is 6.66. The second kappa shape index (κ2) is 5.35. The number of phenols is 2. The smallest absolute Gasteiger partial charge is 0.119 e. The molecule has 2 aromatic carbocycles. The van der Waals surface area contributed by atoms with Gasteiger partial charge in [-0.1, -0.05) is 56.7 Å². The number of hydrogen-bond donors (Lipinski definition) is 2. The number of hydrogen-bond acceptors (Lipinski definition) is 2. The van der Waals surface area contributed by atoms with Crippen LogP contribution in [0, 0.1) is 0 Å². The van der Waals surface area contributed by atoms with Gasteiger partial charge in [0, 0.05) is 16.5 Å². The molecule has 0 aromatic heterocycles. The first-order chi connectivity index (χ1) is 9.09. The number of rotatable bonds is 4. The first kappa shape index (κ1) is 13.5. The molecule has 2 aromatic rings. The van der Waals surface area contributed by atoms with Gasteiger partial charge in [-0.15, -0.1) is 0 Å². The highest BCUT2D eigenvalue weighted by atomic mass is 16.3. The number of benzene rings is 2. The predicted octanol–water partition coefficient (Wildman–Crippen LogP) is 4.20. The molecule has 0 atom stereocenters. The summed E-state index contributed by atoms with van der Waals surface area (Å²) in [4.78, 5) is 0. The third-order valence-corrected chi connectivity index (χ3v) is 3.75. The van der Waals surface area contributed by atoms with E-state index >= 15 is 0 Å². The third kappa shape index (κ3) is 2.43. The normalized spacial score (nSPS) is 11.5. The Labute approximate surface area is 114 Å². The maximum absolute atomic E-state index is 10.1. The van der Waals surface area contributed by atoms with Crippen LogP contribution in [-0.4, -0.2) is 10.2 Å². The number of aromatic hydroxyl groups is 2. The Balaban J connectivity index is 2.62. The summed E-state index contributed by atoms with van der Waals surface area (Å²) in [6.45, 7) is 4.18. The Hall–Kier alpha value is -1.96. The van der Waals surface area contributed by atoms with Gasteiger partial charge in [0.25, 0.3) is 0 Å². The van der Waals surface area contributed by atoms with Crippen molar-refractivity contribution in [2.24, 2.45) is 0 Å².